The van der Waals surface area contributed by atoms with E-state index in [9.17, 15) is 10.1 Å². The van der Waals surface area contributed by atoms with Crippen LogP contribution in [0.25, 0.3) is 0 Å². The van der Waals surface area contributed by atoms with E-state index in [1.54, 1.807) is 12.0 Å². The van der Waals surface area contributed by atoms with E-state index < -0.39 is 0 Å². The highest BCUT2D eigenvalue weighted by Crippen LogP contribution is 2.32. The first kappa shape index (κ1) is 24.5. The van der Waals surface area contributed by atoms with Crippen LogP contribution in [0.15, 0.2) is 36.9 Å². The van der Waals surface area contributed by atoms with Crippen molar-refractivity contribution in [1.29, 1.82) is 5.26 Å². The highest BCUT2D eigenvalue weighted by molar-refractivity contribution is 5.87. The summed E-state index contributed by atoms with van der Waals surface area (Å²) in [6.07, 6.45) is 3.44. The normalized spacial score (nSPS) is 18.0. The number of methoxy groups -OCH3 is 1. The van der Waals surface area contributed by atoms with Gasteiger partial charge in [-0.05, 0) is 42.5 Å². The number of fused-ring (bicyclic) bond motifs is 1. The van der Waals surface area contributed by atoms with Gasteiger partial charge >= 0.3 is 6.01 Å². The fourth-order valence-electron chi connectivity index (χ4n) is 4.98. The van der Waals surface area contributed by atoms with E-state index in [2.05, 4.69) is 60.6 Å². The molecule has 2 aliphatic heterocycles. The van der Waals surface area contributed by atoms with Gasteiger partial charge in [0.05, 0.1) is 37.9 Å². The van der Waals surface area contributed by atoms with E-state index in [0.717, 1.165) is 36.5 Å². The van der Waals surface area contributed by atoms with E-state index in [1.165, 1.54) is 17.3 Å². The number of benzene rings is 1. The van der Waals surface area contributed by atoms with Crippen LogP contribution in [0.2, 0.25) is 0 Å². The van der Waals surface area contributed by atoms with Gasteiger partial charge in [-0.1, -0.05) is 32.6 Å². The van der Waals surface area contributed by atoms with Crippen LogP contribution >= 0.6 is 0 Å². The number of hydrogen-bond acceptors (Lipinski definition) is 7. The third-order valence-electron chi connectivity index (χ3n) is 6.90. The molecule has 1 atom stereocenters. The monoisotopic (exact) mass is 474 g/mol. The molecule has 8 nitrogen and oxygen atoms in total. The van der Waals surface area contributed by atoms with Crippen LogP contribution in [-0.4, -0.2) is 60.1 Å². The van der Waals surface area contributed by atoms with Gasteiger partial charge < -0.3 is 19.4 Å². The van der Waals surface area contributed by atoms with Crippen molar-refractivity contribution in [3.05, 3.63) is 53.7 Å². The average Bonchev–Trinajstić information content (AvgIpc) is 3.10. The van der Waals surface area contributed by atoms with Gasteiger partial charge in [-0.3, -0.25) is 4.79 Å². The highest BCUT2D eigenvalue weighted by Gasteiger charge is 2.32. The van der Waals surface area contributed by atoms with Crippen LogP contribution in [0.4, 0.5) is 11.5 Å². The second-order valence-electron chi connectivity index (χ2n) is 9.43. The smallest absolute Gasteiger partial charge is 0.318 e. The Morgan fingerprint density at radius 2 is 2.11 bits per heavy atom. The first-order valence-corrected chi connectivity index (χ1v) is 12.3. The molecular weight excluding hydrogens is 440 g/mol. The number of nitrogens with zero attached hydrogens (tertiary/aromatic N) is 6. The Balaban J connectivity index is 1.66. The minimum absolute atomic E-state index is 0.136. The molecule has 0 saturated carbocycles. The molecule has 0 N–H and O–H groups in total. The molecule has 2 aliphatic rings. The number of hydrogen-bond donors (Lipinski definition) is 0. The first-order valence-electron chi connectivity index (χ1n) is 12.3. The van der Waals surface area contributed by atoms with Crippen LogP contribution in [0.5, 0.6) is 6.01 Å². The molecule has 1 saturated heterocycles. The summed E-state index contributed by atoms with van der Waals surface area (Å²) >= 11 is 0. The summed E-state index contributed by atoms with van der Waals surface area (Å²) < 4.78 is 5.50. The van der Waals surface area contributed by atoms with Gasteiger partial charge in [0.25, 0.3) is 0 Å². The van der Waals surface area contributed by atoms with E-state index in [4.69, 9.17) is 14.7 Å². The number of carbonyl (C=O) groups excluding carboxylic acids is 1. The van der Waals surface area contributed by atoms with E-state index >= 15 is 0 Å². The van der Waals surface area contributed by atoms with Crippen molar-refractivity contribution in [2.75, 3.05) is 43.1 Å². The fraction of sp³-hybridized carbons (Fsp3) is 0.481. The van der Waals surface area contributed by atoms with Gasteiger partial charge in [-0.2, -0.15) is 15.2 Å². The lowest BCUT2D eigenvalue weighted by Crippen LogP contribution is -2.55. The number of piperazine rings is 1. The number of nitriles is 1. The van der Waals surface area contributed by atoms with Crippen LogP contribution in [-0.2, 0) is 17.8 Å². The molecule has 184 valence electrons. The lowest BCUT2D eigenvalue weighted by atomic mass is 10.0. The molecule has 3 heterocycles. The maximum atomic E-state index is 12.3. The summed E-state index contributed by atoms with van der Waals surface area (Å²) in [7, 11) is 1.59. The summed E-state index contributed by atoms with van der Waals surface area (Å²) in [6, 6.07) is 11.1. The predicted molar refractivity (Wildman–Crippen MR) is 137 cm³/mol. The summed E-state index contributed by atoms with van der Waals surface area (Å²) in [5, 5.41) is 9.37. The molecule has 0 aliphatic carbocycles. The first-order chi connectivity index (χ1) is 16.9. The lowest BCUT2D eigenvalue weighted by Gasteiger charge is -2.41. The van der Waals surface area contributed by atoms with Crippen molar-refractivity contribution in [2.24, 2.45) is 0 Å². The number of rotatable bonds is 6. The van der Waals surface area contributed by atoms with Crippen molar-refractivity contribution in [3.63, 3.8) is 0 Å². The topological polar surface area (TPSA) is 85.6 Å². The molecular formula is C27H34N6O2. The zero-order valence-corrected chi connectivity index (χ0v) is 20.9. The zero-order valence-electron chi connectivity index (χ0n) is 20.9. The molecule has 1 aromatic heterocycles. The second-order valence-corrected chi connectivity index (χ2v) is 9.43. The minimum atomic E-state index is -0.211. The summed E-state index contributed by atoms with van der Waals surface area (Å²) in [4.78, 5) is 28.2. The minimum Gasteiger partial charge on any atom is -0.467 e. The van der Waals surface area contributed by atoms with Crippen molar-refractivity contribution in [3.8, 4) is 12.1 Å². The molecule has 1 amide bonds. The third-order valence-corrected chi connectivity index (χ3v) is 6.90. The van der Waals surface area contributed by atoms with Crippen molar-refractivity contribution in [2.45, 2.75) is 51.6 Å². The molecule has 0 spiro atoms. The Hall–Kier alpha value is -3.60. The molecule has 0 unspecified atom stereocenters. The summed E-state index contributed by atoms with van der Waals surface area (Å²) in [5.41, 5.74) is 4.63. The molecule has 0 radical (unpaired) electrons. The predicted octanol–water partition coefficient (Wildman–Crippen LogP) is 3.68. The molecule has 1 aromatic carbocycles. The Labute approximate surface area is 207 Å². The van der Waals surface area contributed by atoms with Gasteiger partial charge in [-0.25, -0.2) is 0 Å². The van der Waals surface area contributed by atoms with E-state index in [1.807, 2.05) is 0 Å². The summed E-state index contributed by atoms with van der Waals surface area (Å²) in [5.74, 6) is 1.19. The van der Waals surface area contributed by atoms with E-state index in [0.29, 0.717) is 38.1 Å². The average molecular weight is 475 g/mol. The molecule has 0 bridgehead atoms. The maximum Gasteiger partial charge on any atom is 0.318 e. The molecule has 1 fully saturated rings. The lowest BCUT2D eigenvalue weighted by molar-refractivity contribution is -0.128. The molecule has 4 rings (SSSR count). The van der Waals surface area contributed by atoms with Crippen LogP contribution < -0.4 is 14.5 Å². The van der Waals surface area contributed by atoms with Crippen LogP contribution in [0, 0.1) is 11.3 Å². The Kier molecular flexibility index (Phi) is 7.54. The zero-order chi connectivity index (χ0) is 24.9. The molecule has 8 heteroatoms. The number of ether oxygens (including phenoxy) is 1. The SMILES string of the molecule is C=CC(=O)N1CCN(c2nc(OC)nc3c2CCCN(c2cccc(C(C)C)c2)C3)C[C@@H]1CC#N. The van der Waals surface area contributed by atoms with Gasteiger partial charge in [0, 0.05) is 37.4 Å². The fourth-order valence-corrected chi connectivity index (χ4v) is 4.98. The van der Waals surface area contributed by atoms with Gasteiger partial charge in [0.1, 0.15) is 5.82 Å². The Bertz CT molecular complexity index is 1130. The second kappa shape index (κ2) is 10.8. The number of amides is 1. The largest absolute Gasteiger partial charge is 0.467 e. The number of aromatic nitrogens is 2. The highest BCUT2D eigenvalue weighted by atomic mass is 16.5. The number of anilines is 2. The Morgan fingerprint density at radius 1 is 1.29 bits per heavy atom. The van der Waals surface area contributed by atoms with Crippen molar-refractivity contribution < 1.29 is 9.53 Å². The van der Waals surface area contributed by atoms with Crippen LogP contribution in [0.1, 0.15) is 49.4 Å². The van der Waals surface area contributed by atoms with E-state index in [-0.39, 0.29) is 18.4 Å². The van der Waals surface area contributed by atoms with Crippen LogP contribution in [0.3, 0.4) is 0 Å². The maximum absolute atomic E-state index is 12.3. The summed E-state index contributed by atoms with van der Waals surface area (Å²) in [6.45, 7) is 11.3. The quantitative estimate of drug-likeness (QED) is 0.591. The van der Waals surface area contributed by atoms with Gasteiger partial charge in [0.15, 0.2) is 0 Å². The third kappa shape index (κ3) is 5.24. The van der Waals surface area contributed by atoms with Gasteiger partial charge in [0.2, 0.25) is 5.91 Å². The molecule has 35 heavy (non-hydrogen) atoms. The Morgan fingerprint density at radius 3 is 2.83 bits per heavy atom. The van der Waals surface area contributed by atoms with Crippen molar-refractivity contribution >= 4 is 17.4 Å². The van der Waals surface area contributed by atoms with Gasteiger partial charge in [-0.15, -0.1) is 0 Å². The molecule has 2 aromatic rings. The number of carbonyl (C=O) groups is 1. The standard InChI is InChI=1S/C27H34N6O2/c1-5-25(34)33-15-14-32(17-22(33)11-12-28)26-23-10-7-13-31(18-24(23)29-27(30-26)35-4)21-9-6-8-20(16-21)19(2)3/h5-6,8-9,16,19,22H,1,7,10-11,13-15,17-18H2,2-4H3/t22-/m0/s1. The van der Waals surface area contributed by atoms with Crippen molar-refractivity contribution in [1.82, 2.24) is 14.9 Å².